The van der Waals surface area contributed by atoms with Crippen molar-refractivity contribution in [1.29, 1.82) is 0 Å². The second-order valence-electron chi connectivity index (χ2n) is 4.99. The first-order chi connectivity index (χ1) is 12.6. The van der Waals surface area contributed by atoms with E-state index in [2.05, 4.69) is 10.1 Å². The Bertz CT molecular complexity index is 937. The molecule has 0 amide bonds. The minimum absolute atomic E-state index is 0.195. The van der Waals surface area contributed by atoms with Gasteiger partial charge >= 0.3 is 5.97 Å². The third kappa shape index (κ3) is 4.22. The second kappa shape index (κ2) is 8.03. The number of hydrogen-bond acceptors (Lipinski definition) is 7. The summed E-state index contributed by atoms with van der Waals surface area (Å²) in [6.07, 6.45) is 1.64. The summed E-state index contributed by atoms with van der Waals surface area (Å²) in [6, 6.07) is 8.75. The molecule has 0 saturated heterocycles. The fourth-order valence-corrected chi connectivity index (χ4v) is 2.92. The van der Waals surface area contributed by atoms with Gasteiger partial charge in [0.2, 0.25) is 5.82 Å². The molecule has 1 aromatic carbocycles. The van der Waals surface area contributed by atoms with Gasteiger partial charge in [0.15, 0.2) is 18.1 Å². The highest BCUT2D eigenvalue weighted by molar-refractivity contribution is 7.13. The van der Waals surface area contributed by atoms with Crippen LogP contribution in [0.25, 0.3) is 21.8 Å². The van der Waals surface area contributed by atoms with E-state index in [1.54, 1.807) is 24.3 Å². The number of carbonyl (C=O) groups is 1. The van der Waals surface area contributed by atoms with E-state index in [1.807, 2.05) is 17.5 Å². The van der Waals surface area contributed by atoms with Crippen LogP contribution in [0.4, 0.5) is 0 Å². The van der Waals surface area contributed by atoms with Crippen molar-refractivity contribution in [1.82, 2.24) is 10.1 Å². The highest BCUT2D eigenvalue weighted by Gasteiger charge is 2.13. The third-order valence-electron chi connectivity index (χ3n) is 3.20. The fourth-order valence-electron chi connectivity index (χ4n) is 2.07. The number of halogens is 1. The second-order valence-corrected chi connectivity index (χ2v) is 6.34. The molecule has 0 radical (unpaired) electrons. The average Bonchev–Trinajstić information content (AvgIpc) is 3.31. The van der Waals surface area contributed by atoms with Crippen LogP contribution in [0.2, 0.25) is 0 Å². The molecule has 26 heavy (non-hydrogen) atoms. The van der Waals surface area contributed by atoms with Crippen LogP contribution in [-0.2, 0) is 4.79 Å². The molecule has 0 aliphatic carbocycles. The first kappa shape index (κ1) is 18.0. The zero-order valence-electron chi connectivity index (χ0n) is 13.5. The van der Waals surface area contributed by atoms with Crippen LogP contribution >= 0.6 is 22.9 Å². The summed E-state index contributed by atoms with van der Waals surface area (Å²) in [6.45, 7) is -0.459. The molecule has 1 N–H and O–H groups in total. The van der Waals surface area contributed by atoms with Gasteiger partial charge < -0.3 is 19.1 Å². The summed E-state index contributed by atoms with van der Waals surface area (Å²) in [7, 11) is 1.46. The predicted octanol–water partition coefficient (Wildman–Crippen LogP) is 4.01. The van der Waals surface area contributed by atoms with Crippen LogP contribution in [0.3, 0.4) is 0 Å². The highest BCUT2D eigenvalue weighted by atomic mass is 35.5. The highest BCUT2D eigenvalue weighted by Crippen LogP contribution is 2.31. The normalized spacial score (nSPS) is 11.4. The van der Waals surface area contributed by atoms with Crippen molar-refractivity contribution >= 4 is 40.0 Å². The maximum Gasteiger partial charge on any atom is 0.341 e. The maximum atomic E-state index is 10.6. The predicted molar refractivity (Wildman–Crippen MR) is 97.5 cm³/mol. The van der Waals surface area contributed by atoms with E-state index < -0.39 is 12.6 Å². The first-order valence-corrected chi connectivity index (χ1v) is 8.60. The fraction of sp³-hybridized carbons (Fsp3) is 0.118. The minimum atomic E-state index is -1.07. The summed E-state index contributed by atoms with van der Waals surface area (Å²) in [4.78, 5) is 15.8. The Labute approximate surface area is 157 Å². The van der Waals surface area contributed by atoms with E-state index in [0.29, 0.717) is 22.9 Å². The smallest absolute Gasteiger partial charge is 0.341 e. The van der Waals surface area contributed by atoms with Crippen LogP contribution in [0, 0.1) is 0 Å². The van der Waals surface area contributed by atoms with Gasteiger partial charge in [0.25, 0.3) is 5.89 Å². The lowest BCUT2D eigenvalue weighted by Crippen LogP contribution is -2.10. The standard InChI is InChI=1S/C17H13ClN2O5S/c1-23-13-8-10(4-5-12(13)24-9-15(21)22)7-11(18)17-19-16(20-25-17)14-3-2-6-26-14/h2-8H,9H2,1H3,(H,21,22)/b11-7-. The number of benzene rings is 1. The molecule has 7 nitrogen and oxygen atoms in total. The molecule has 0 unspecified atom stereocenters. The van der Waals surface area contributed by atoms with Gasteiger partial charge in [0.05, 0.1) is 12.0 Å². The Morgan fingerprint density at radius 3 is 2.92 bits per heavy atom. The topological polar surface area (TPSA) is 94.7 Å². The Balaban J connectivity index is 1.81. The van der Waals surface area contributed by atoms with E-state index in [-0.39, 0.29) is 10.9 Å². The molecule has 9 heteroatoms. The molecule has 0 atom stereocenters. The van der Waals surface area contributed by atoms with Crippen LogP contribution in [0.5, 0.6) is 11.5 Å². The summed E-state index contributed by atoms with van der Waals surface area (Å²) in [5.74, 6) is 0.295. The number of carboxylic acids is 1. The van der Waals surface area contributed by atoms with Crippen LogP contribution < -0.4 is 9.47 Å². The Morgan fingerprint density at radius 1 is 1.38 bits per heavy atom. The van der Waals surface area contributed by atoms with Crippen molar-refractivity contribution in [2.24, 2.45) is 0 Å². The van der Waals surface area contributed by atoms with Crippen LogP contribution in [0.15, 0.2) is 40.2 Å². The Hall–Kier alpha value is -2.84. The van der Waals surface area contributed by atoms with E-state index in [0.717, 1.165) is 4.88 Å². The van der Waals surface area contributed by atoms with Crippen molar-refractivity contribution < 1.29 is 23.9 Å². The lowest BCUT2D eigenvalue weighted by molar-refractivity contribution is -0.139. The number of rotatable bonds is 7. The van der Waals surface area contributed by atoms with Crippen molar-refractivity contribution in [2.75, 3.05) is 13.7 Å². The summed E-state index contributed by atoms with van der Waals surface area (Å²) in [5.41, 5.74) is 0.699. The molecule has 2 heterocycles. The Morgan fingerprint density at radius 2 is 2.23 bits per heavy atom. The van der Waals surface area contributed by atoms with E-state index >= 15 is 0 Å². The molecule has 2 aromatic heterocycles. The van der Waals surface area contributed by atoms with Gasteiger partial charge in [-0.2, -0.15) is 4.98 Å². The average molecular weight is 393 g/mol. The lowest BCUT2D eigenvalue weighted by atomic mass is 10.2. The number of aliphatic carboxylic acids is 1. The van der Waals surface area contributed by atoms with Gasteiger partial charge in [0.1, 0.15) is 5.03 Å². The molecule has 134 valence electrons. The number of carboxylic acid groups (broad SMARTS) is 1. The van der Waals surface area contributed by atoms with Crippen molar-refractivity contribution in [3.8, 4) is 22.2 Å². The Kier molecular flexibility index (Phi) is 5.55. The van der Waals surface area contributed by atoms with Crippen molar-refractivity contribution in [3.05, 3.63) is 47.2 Å². The number of ether oxygens (including phenoxy) is 2. The molecular weight excluding hydrogens is 380 g/mol. The first-order valence-electron chi connectivity index (χ1n) is 7.34. The summed E-state index contributed by atoms with van der Waals surface area (Å²) >= 11 is 7.77. The van der Waals surface area contributed by atoms with Gasteiger partial charge in [-0.1, -0.05) is 28.9 Å². The summed E-state index contributed by atoms with van der Waals surface area (Å²) < 4.78 is 15.6. The molecule has 0 aliphatic rings. The SMILES string of the molecule is COc1cc(/C=C(\Cl)c2nc(-c3cccs3)no2)ccc1OCC(=O)O. The van der Waals surface area contributed by atoms with Gasteiger partial charge in [-0.25, -0.2) is 4.79 Å². The van der Waals surface area contributed by atoms with Crippen molar-refractivity contribution in [3.63, 3.8) is 0 Å². The summed E-state index contributed by atoms with van der Waals surface area (Å²) in [5, 5.41) is 14.8. The van der Waals surface area contributed by atoms with E-state index in [1.165, 1.54) is 18.4 Å². The van der Waals surface area contributed by atoms with Gasteiger partial charge in [-0.3, -0.25) is 0 Å². The quantitative estimate of drug-likeness (QED) is 0.649. The third-order valence-corrected chi connectivity index (χ3v) is 4.34. The van der Waals surface area contributed by atoms with Gasteiger partial charge in [-0.05, 0) is 35.2 Å². The molecule has 0 aliphatic heterocycles. The minimum Gasteiger partial charge on any atom is -0.493 e. The number of hydrogen-bond donors (Lipinski definition) is 1. The molecule has 3 aromatic rings. The molecule has 0 spiro atoms. The van der Waals surface area contributed by atoms with Crippen molar-refractivity contribution in [2.45, 2.75) is 0 Å². The zero-order valence-corrected chi connectivity index (χ0v) is 15.1. The molecular formula is C17H13ClN2O5S. The number of aromatic nitrogens is 2. The molecule has 3 rings (SSSR count). The maximum absolute atomic E-state index is 10.6. The number of thiophene rings is 1. The van der Waals surface area contributed by atoms with E-state index in [4.69, 9.17) is 30.7 Å². The van der Waals surface area contributed by atoms with Gasteiger partial charge in [-0.15, -0.1) is 11.3 Å². The monoisotopic (exact) mass is 392 g/mol. The molecule has 0 saturated carbocycles. The number of nitrogens with zero attached hydrogens (tertiary/aromatic N) is 2. The van der Waals surface area contributed by atoms with Crippen LogP contribution in [0.1, 0.15) is 11.5 Å². The van der Waals surface area contributed by atoms with Crippen LogP contribution in [-0.4, -0.2) is 34.9 Å². The lowest BCUT2D eigenvalue weighted by Gasteiger charge is -2.09. The largest absolute Gasteiger partial charge is 0.493 e. The van der Waals surface area contributed by atoms with E-state index in [9.17, 15) is 4.79 Å². The van der Waals surface area contributed by atoms with Gasteiger partial charge in [0, 0.05) is 0 Å². The number of methoxy groups -OCH3 is 1. The molecule has 0 bridgehead atoms. The zero-order chi connectivity index (χ0) is 18.5. The molecule has 0 fully saturated rings.